The van der Waals surface area contributed by atoms with Gasteiger partial charge >= 0.3 is 0 Å². The molecule has 98 valence electrons. The zero-order chi connectivity index (χ0) is 13.2. The average Bonchev–Trinajstić information content (AvgIpc) is 2.35. The van der Waals surface area contributed by atoms with Crippen molar-refractivity contribution in [2.75, 3.05) is 18.5 Å². The van der Waals surface area contributed by atoms with Crippen LogP contribution in [0.15, 0.2) is 12.3 Å². The van der Waals surface area contributed by atoms with Gasteiger partial charge in [-0.2, -0.15) is 0 Å². The third-order valence-electron chi connectivity index (χ3n) is 3.11. The molecule has 18 heavy (non-hydrogen) atoms. The number of carbonyl (C=O) groups excluding carboxylic acids is 1. The third kappa shape index (κ3) is 2.80. The van der Waals surface area contributed by atoms with Crippen LogP contribution in [0.3, 0.4) is 0 Å². The summed E-state index contributed by atoms with van der Waals surface area (Å²) in [7, 11) is 0. The van der Waals surface area contributed by atoms with Crippen molar-refractivity contribution < 1.29 is 9.53 Å². The van der Waals surface area contributed by atoms with E-state index in [0.717, 1.165) is 5.56 Å². The molecule has 0 spiro atoms. The SMILES string of the molecule is Cc1cc(NC(=O)C2(N)CCOCC2)cnc1Cl. The normalized spacial score (nSPS) is 18.4. The molecule has 1 aromatic heterocycles. The first-order chi connectivity index (χ1) is 8.51. The molecule has 1 aliphatic rings. The second-order valence-corrected chi connectivity index (χ2v) is 4.91. The number of hydrogen-bond acceptors (Lipinski definition) is 4. The molecule has 0 saturated carbocycles. The largest absolute Gasteiger partial charge is 0.381 e. The lowest BCUT2D eigenvalue weighted by atomic mass is 9.90. The Hall–Kier alpha value is -1.17. The second-order valence-electron chi connectivity index (χ2n) is 4.55. The fourth-order valence-electron chi connectivity index (χ4n) is 1.84. The number of ether oxygens (including phenoxy) is 1. The molecule has 1 fully saturated rings. The van der Waals surface area contributed by atoms with Crippen LogP contribution in [0.25, 0.3) is 0 Å². The topological polar surface area (TPSA) is 77.2 Å². The molecule has 0 radical (unpaired) electrons. The standard InChI is InChI=1S/C12H16ClN3O2/c1-8-6-9(7-15-10(8)13)16-11(17)12(14)2-4-18-5-3-12/h6-7H,2-5,14H2,1H3,(H,16,17). The molecule has 1 aromatic rings. The molecule has 0 atom stereocenters. The van der Waals surface area contributed by atoms with Gasteiger partial charge in [-0.05, 0) is 31.4 Å². The van der Waals surface area contributed by atoms with Crippen LogP contribution >= 0.6 is 11.6 Å². The van der Waals surface area contributed by atoms with E-state index in [9.17, 15) is 4.79 Å². The van der Waals surface area contributed by atoms with E-state index in [1.165, 1.54) is 6.20 Å². The Kier molecular flexibility index (Phi) is 3.85. The fourth-order valence-corrected chi connectivity index (χ4v) is 1.95. The van der Waals surface area contributed by atoms with Gasteiger partial charge in [0.1, 0.15) is 10.7 Å². The van der Waals surface area contributed by atoms with E-state index < -0.39 is 5.54 Å². The summed E-state index contributed by atoms with van der Waals surface area (Å²) in [6.45, 7) is 2.86. The van der Waals surface area contributed by atoms with E-state index in [0.29, 0.717) is 36.9 Å². The average molecular weight is 270 g/mol. The second kappa shape index (κ2) is 5.22. The van der Waals surface area contributed by atoms with Gasteiger partial charge in [0.2, 0.25) is 5.91 Å². The highest BCUT2D eigenvalue weighted by Gasteiger charge is 2.35. The number of hydrogen-bond donors (Lipinski definition) is 2. The highest BCUT2D eigenvalue weighted by atomic mass is 35.5. The van der Waals surface area contributed by atoms with E-state index >= 15 is 0 Å². The maximum Gasteiger partial charge on any atom is 0.244 e. The van der Waals surface area contributed by atoms with Gasteiger partial charge in [-0.3, -0.25) is 4.79 Å². The molecule has 0 unspecified atom stereocenters. The van der Waals surface area contributed by atoms with Gasteiger partial charge in [0.05, 0.1) is 11.9 Å². The van der Waals surface area contributed by atoms with E-state index in [1.807, 2.05) is 6.92 Å². The number of anilines is 1. The minimum absolute atomic E-state index is 0.200. The molecule has 1 saturated heterocycles. The van der Waals surface area contributed by atoms with Crippen molar-refractivity contribution in [2.45, 2.75) is 25.3 Å². The van der Waals surface area contributed by atoms with Crippen LogP contribution in [0, 0.1) is 6.92 Å². The Morgan fingerprint density at radius 1 is 1.56 bits per heavy atom. The molecule has 6 heteroatoms. The van der Waals surface area contributed by atoms with E-state index in [1.54, 1.807) is 6.07 Å². The van der Waals surface area contributed by atoms with Crippen molar-refractivity contribution in [2.24, 2.45) is 5.73 Å². The van der Waals surface area contributed by atoms with Crippen LogP contribution in [0.5, 0.6) is 0 Å². The lowest BCUT2D eigenvalue weighted by Crippen LogP contribution is -2.54. The molecule has 5 nitrogen and oxygen atoms in total. The van der Waals surface area contributed by atoms with Gasteiger partial charge in [0.25, 0.3) is 0 Å². The maximum absolute atomic E-state index is 12.1. The Morgan fingerprint density at radius 2 is 2.22 bits per heavy atom. The first-order valence-corrected chi connectivity index (χ1v) is 6.19. The van der Waals surface area contributed by atoms with Crippen LogP contribution in [0.2, 0.25) is 5.15 Å². The van der Waals surface area contributed by atoms with E-state index in [-0.39, 0.29) is 5.91 Å². The Morgan fingerprint density at radius 3 is 2.83 bits per heavy atom. The van der Waals surface area contributed by atoms with Gasteiger partial charge in [-0.1, -0.05) is 11.6 Å². The first-order valence-electron chi connectivity index (χ1n) is 5.81. The van der Waals surface area contributed by atoms with Crippen molar-refractivity contribution >= 4 is 23.2 Å². The number of aryl methyl sites for hydroxylation is 1. The molecule has 0 aliphatic carbocycles. The predicted octanol–water partition coefficient (Wildman–Crippen LogP) is 1.49. The van der Waals surface area contributed by atoms with Gasteiger partial charge in [-0.15, -0.1) is 0 Å². The third-order valence-corrected chi connectivity index (χ3v) is 3.51. The van der Waals surface area contributed by atoms with Crippen molar-refractivity contribution in [3.8, 4) is 0 Å². The minimum Gasteiger partial charge on any atom is -0.381 e. The molecular formula is C12H16ClN3O2. The molecule has 0 bridgehead atoms. The van der Waals surface area contributed by atoms with Crippen LogP contribution in [-0.4, -0.2) is 29.6 Å². The monoisotopic (exact) mass is 269 g/mol. The zero-order valence-electron chi connectivity index (χ0n) is 10.2. The van der Waals surface area contributed by atoms with Crippen molar-refractivity contribution in [3.63, 3.8) is 0 Å². The number of pyridine rings is 1. The van der Waals surface area contributed by atoms with Gasteiger partial charge in [0.15, 0.2) is 0 Å². The number of halogens is 1. The van der Waals surface area contributed by atoms with Crippen LogP contribution in [0.1, 0.15) is 18.4 Å². The predicted molar refractivity (Wildman–Crippen MR) is 69.6 cm³/mol. The number of amides is 1. The number of nitrogens with one attached hydrogen (secondary N) is 1. The van der Waals surface area contributed by atoms with E-state index in [4.69, 9.17) is 22.1 Å². The fraction of sp³-hybridized carbons (Fsp3) is 0.500. The lowest BCUT2D eigenvalue weighted by Gasteiger charge is -2.31. The summed E-state index contributed by atoms with van der Waals surface area (Å²) in [5.74, 6) is -0.200. The van der Waals surface area contributed by atoms with Gasteiger partial charge in [0, 0.05) is 13.2 Å². The number of carbonyl (C=O) groups is 1. The number of nitrogens with two attached hydrogens (primary N) is 1. The molecule has 3 N–H and O–H groups in total. The summed E-state index contributed by atoms with van der Waals surface area (Å²) in [6.07, 6.45) is 2.58. The maximum atomic E-state index is 12.1. The highest BCUT2D eigenvalue weighted by molar-refractivity contribution is 6.30. The highest BCUT2D eigenvalue weighted by Crippen LogP contribution is 2.21. The van der Waals surface area contributed by atoms with Crippen molar-refractivity contribution in [1.29, 1.82) is 0 Å². The zero-order valence-corrected chi connectivity index (χ0v) is 11.0. The molecule has 1 aliphatic heterocycles. The first kappa shape index (κ1) is 13.3. The molecular weight excluding hydrogens is 254 g/mol. The van der Waals surface area contributed by atoms with Crippen LogP contribution in [-0.2, 0) is 9.53 Å². The summed E-state index contributed by atoms with van der Waals surface area (Å²) in [4.78, 5) is 16.1. The van der Waals surface area contributed by atoms with E-state index in [2.05, 4.69) is 10.3 Å². The smallest absolute Gasteiger partial charge is 0.244 e. The molecule has 1 amide bonds. The summed E-state index contributed by atoms with van der Waals surface area (Å²) in [5.41, 5.74) is 6.65. The summed E-state index contributed by atoms with van der Waals surface area (Å²) in [5, 5.41) is 3.21. The van der Waals surface area contributed by atoms with Crippen LogP contribution in [0.4, 0.5) is 5.69 Å². The summed E-state index contributed by atoms with van der Waals surface area (Å²) in [6, 6.07) is 1.77. The van der Waals surface area contributed by atoms with Gasteiger partial charge < -0.3 is 15.8 Å². The Balaban J connectivity index is 2.08. The van der Waals surface area contributed by atoms with Crippen LogP contribution < -0.4 is 11.1 Å². The Labute approximate surface area is 111 Å². The lowest BCUT2D eigenvalue weighted by molar-refractivity contribution is -0.124. The number of rotatable bonds is 2. The quantitative estimate of drug-likeness (QED) is 0.798. The number of aromatic nitrogens is 1. The molecule has 2 heterocycles. The molecule has 0 aromatic carbocycles. The van der Waals surface area contributed by atoms with Crippen molar-refractivity contribution in [3.05, 3.63) is 23.0 Å². The number of nitrogens with zero attached hydrogens (tertiary/aromatic N) is 1. The van der Waals surface area contributed by atoms with Gasteiger partial charge in [-0.25, -0.2) is 4.98 Å². The summed E-state index contributed by atoms with van der Waals surface area (Å²) >= 11 is 5.83. The van der Waals surface area contributed by atoms with Crippen molar-refractivity contribution in [1.82, 2.24) is 4.98 Å². The molecule has 2 rings (SSSR count). The minimum atomic E-state index is -0.855. The summed E-state index contributed by atoms with van der Waals surface area (Å²) < 4.78 is 5.21. The Bertz CT molecular complexity index is 459.